The van der Waals surface area contributed by atoms with Crippen LogP contribution in [0.25, 0.3) is 0 Å². The minimum Gasteiger partial charge on any atom is -0.391 e. The Bertz CT molecular complexity index is 332. The summed E-state index contributed by atoms with van der Waals surface area (Å²) in [7, 11) is -1.18. The van der Waals surface area contributed by atoms with Gasteiger partial charge < -0.3 is 10.8 Å². The third kappa shape index (κ3) is 3.49. The molecule has 0 aliphatic rings. The molecule has 14 heavy (non-hydrogen) atoms. The normalized spacial score (nSPS) is 15.1. The lowest BCUT2D eigenvalue weighted by Crippen LogP contribution is -2.25. The largest absolute Gasteiger partial charge is 0.391 e. The minimum absolute atomic E-state index is 0.139. The Balaban J connectivity index is 2.70. The molecule has 2 unspecified atom stereocenters. The molecule has 0 saturated carbocycles. The Morgan fingerprint density at radius 2 is 2.29 bits per heavy atom. The Hall–Kier alpha value is -0.230. The van der Waals surface area contributed by atoms with E-state index in [2.05, 4.69) is 15.9 Å². The Morgan fingerprint density at radius 3 is 2.86 bits per heavy atom. The van der Waals surface area contributed by atoms with Gasteiger partial charge in [-0.25, -0.2) is 0 Å². The molecule has 0 aliphatic heterocycles. The van der Waals surface area contributed by atoms with Gasteiger partial charge in [0.2, 0.25) is 0 Å². The highest BCUT2D eigenvalue weighted by atomic mass is 79.9. The summed E-state index contributed by atoms with van der Waals surface area (Å²) in [4.78, 5) is 0.701. The molecule has 78 valence electrons. The highest BCUT2D eigenvalue weighted by molar-refractivity contribution is 9.10. The molecule has 0 heterocycles. The molecule has 3 nitrogen and oxygen atoms in total. The number of nitrogens with two attached hydrogens (primary N) is 1. The maximum Gasteiger partial charge on any atom is 0.0781 e. The monoisotopic (exact) mass is 277 g/mol. The van der Waals surface area contributed by atoms with Gasteiger partial charge in [0.1, 0.15) is 0 Å². The van der Waals surface area contributed by atoms with Crippen LogP contribution >= 0.6 is 15.9 Å². The fourth-order valence-corrected chi connectivity index (χ4v) is 2.67. The predicted molar refractivity (Wildman–Crippen MR) is 60.5 cm³/mol. The standard InChI is InChI=1S/C9H12BrNO2S/c10-7-2-1-3-9(4-7)14(13)6-8(12)5-11/h1-4,8,12H,5-6,11H2. The van der Waals surface area contributed by atoms with Gasteiger partial charge in [0.25, 0.3) is 0 Å². The molecule has 3 N–H and O–H groups in total. The van der Waals surface area contributed by atoms with Crippen molar-refractivity contribution in [1.82, 2.24) is 0 Å². The molecule has 0 saturated heterocycles. The van der Waals surface area contributed by atoms with Crippen molar-refractivity contribution in [3.8, 4) is 0 Å². The Labute approximate surface area is 93.9 Å². The summed E-state index contributed by atoms with van der Waals surface area (Å²) in [6.07, 6.45) is -0.699. The first kappa shape index (κ1) is 11.8. The van der Waals surface area contributed by atoms with Crippen molar-refractivity contribution in [3.63, 3.8) is 0 Å². The number of rotatable bonds is 4. The lowest BCUT2D eigenvalue weighted by atomic mass is 10.4. The summed E-state index contributed by atoms with van der Waals surface area (Å²) in [6, 6.07) is 7.22. The van der Waals surface area contributed by atoms with Crippen LogP contribution in [0.3, 0.4) is 0 Å². The van der Waals surface area contributed by atoms with Gasteiger partial charge in [-0.2, -0.15) is 0 Å². The topological polar surface area (TPSA) is 63.3 Å². The van der Waals surface area contributed by atoms with Crippen LogP contribution in [-0.2, 0) is 10.8 Å². The van der Waals surface area contributed by atoms with Gasteiger partial charge >= 0.3 is 0 Å². The van der Waals surface area contributed by atoms with E-state index < -0.39 is 16.9 Å². The van der Waals surface area contributed by atoms with Crippen molar-refractivity contribution in [3.05, 3.63) is 28.7 Å². The average molecular weight is 278 g/mol. The Morgan fingerprint density at radius 1 is 1.57 bits per heavy atom. The number of hydrogen-bond donors (Lipinski definition) is 2. The van der Waals surface area contributed by atoms with Gasteiger partial charge in [-0.05, 0) is 18.2 Å². The van der Waals surface area contributed by atoms with E-state index in [-0.39, 0.29) is 12.3 Å². The van der Waals surface area contributed by atoms with Crippen LogP contribution in [0.15, 0.2) is 33.6 Å². The molecule has 5 heteroatoms. The molecule has 1 rings (SSSR count). The SMILES string of the molecule is NCC(O)CS(=O)c1cccc(Br)c1. The van der Waals surface area contributed by atoms with E-state index in [1.54, 1.807) is 12.1 Å². The average Bonchev–Trinajstić information content (AvgIpc) is 2.17. The minimum atomic E-state index is -1.18. The van der Waals surface area contributed by atoms with E-state index in [0.29, 0.717) is 4.90 Å². The number of aliphatic hydroxyl groups excluding tert-OH is 1. The summed E-state index contributed by atoms with van der Waals surface area (Å²) in [6.45, 7) is 0.139. The molecule has 0 amide bonds. The van der Waals surface area contributed by atoms with Gasteiger partial charge in [-0.3, -0.25) is 4.21 Å². The van der Waals surface area contributed by atoms with Gasteiger partial charge in [0.15, 0.2) is 0 Å². The third-order valence-electron chi connectivity index (χ3n) is 1.67. The van der Waals surface area contributed by atoms with Crippen LogP contribution < -0.4 is 5.73 Å². The Kier molecular flexibility index (Phi) is 4.74. The zero-order chi connectivity index (χ0) is 10.6. The second-order valence-corrected chi connectivity index (χ2v) is 5.27. The molecule has 0 radical (unpaired) electrons. The van der Waals surface area contributed by atoms with Crippen molar-refractivity contribution in [2.45, 2.75) is 11.0 Å². The van der Waals surface area contributed by atoms with Crippen molar-refractivity contribution in [1.29, 1.82) is 0 Å². The highest BCUT2D eigenvalue weighted by Gasteiger charge is 2.09. The maximum atomic E-state index is 11.6. The van der Waals surface area contributed by atoms with Crippen LogP contribution in [0.5, 0.6) is 0 Å². The van der Waals surface area contributed by atoms with E-state index in [0.717, 1.165) is 4.47 Å². The summed E-state index contributed by atoms with van der Waals surface area (Å²) < 4.78 is 12.5. The molecule has 0 fully saturated rings. The zero-order valence-electron chi connectivity index (χ0n) is 7.52. The zero-order valence-corrected chi connectivity index (χ0v) is 9.92. The number of hydrogen-bond acceptors (Lipinski definition) is 3. The lowest BCUT2D eigenvalue weighted by molar-refractivity contribution is 0.207. The van der Waals surface area contributed by atoms with E-state index in [1.165, 1.54) is 0 Å². The first-order chi connectivity index (χ1) is 6.63. The maximum absolute atomic E-state index is 11.6. The van der Waals surface area contributed by atoms with Crippen molar-refractivity contribution >= 4 is 26.7 Å². The van der Waals surface area contributed by atoms with Gasteiger partial charge in [0, 0.05) is 15.9 Å². The van der Waals surface area contributed by atoms with Crippen molar-refractivity contribution in [2.24, 2.45) is 5.73 Å². The van der Waals surface area contributed by atoms with Crippen LogP contribution in [0, 0.1) is 0 Å². The molecule has 1 aromatic carbocycles. The summed E-state index contributed by atoms with van der Waals surface area (Å²) in [5.41, 5.74) is 5.23. The fraction of sp³-hybridized carbons (Fsp3) is 0.333. The summed E-state index contributed by atoms with van der Waals surface area (Å²) in [5.74, 6) is 0.187. The quantitative estimate of drug-likeness (QED) is 0.859. The molecule has 0 aliphatic carbocycles. The number of halogens is 1. The van der Waals surface area contributed by atoms with E-state index in [9.17, 15) is 9.32 Å². The fourth-order valence-electron chi connectivity index (χ4n) is 0.948. The molecule has 1 aromatic rings. The van der Waals surface area contributed by atoms with E-state index >= 15 is 0 Å². The second-order valence-electron chi connectivity index (χ2n) is 2.86. The van der Waals surface area contributed by atoms with Crippen LogP contribution in [0.2, 0.25) is 0 Å². The number of benzene rings is 1. The lowest BCUT2D eigenvalue weighted by Gasteiger charge is -2.07. The van der Waals surface area contributed by atoms with Crippen molar-refractivity contribution in [2.75, 3.05) is 12.3 Å². The molecule has 0 aromatic heterocycles. The second kappa shape index (κ2) is 5.60. The molecular weight excluding hydrogens is 266 g/mol. The van der Waals surface area contributed by atoms with Crippen LogP contribution in [-0.4, -0.2) is 27.7 Å². The van der Waals surface area contributed by atoms with E-state index in [4.69, 9.17) is 5.73 Å². The molecular formula is C9H12BrNO2S. The van der Waals surface area contributed by atoms with Gasteiger partial charge in [0.05, 0.1) is 22.7 Å². The molecule has 0 bridgehead atoms. The summed E-state index contributed by atoms with van der Waals surface area (Å²) in [5, 5.41) is 9.23. The first-order valence-electron chi connectivity index (χ1n) is 4.15. The van der Waals surface area contributed by atoms with Crippen LogP contribution in [0.4, 0.5) is 0 Å². The summed E-state index contributed by atoms with van der Waals surface area (Å²) >= 11 is 3.29. The third-order valence-corrected chi connectivity index (χ3v) is 3.64. The first-order valence-corrected chi connectivity index (χ1v) is 6.26. The van der Waals surface area contributed by atoms with Crippen molar-refractivity contribution < 1.29 is 9.32 Å². The van der Waals surface area contributed by atoms with Crippen LogP contribution in [0.1, 0.15) is 0 Å². The van der Waals surface area contributed by atoms with Gasteiger partial charge in [-0.1, -0.05) is 22.0 Å². The molecule has 0 spiro atoms. The predicted octanol–water partition coefficient (Wildman–Crippen LogP) is 0.876. The highest BCUT2D eigenvalue weighted by Crippen LogP contribution is 2.15. The number of aliphatic hydroxyl groups is 1. The molecule has 2 atom stereocenters. The smallest absolute Gasteiger partial charge is 0.0781 e. The van der Waals surface area contributed by atoms with Gasteiger partial charge in [-0.15, -0.1) is 0 Å². The van der Waals surface area contributed by atoms with E-state index in [1.807, 2.05) is 12.1 Å².